The second-order valence-electron chi connectivity index (χ2n) is 4.12. The standard InChI is InChI=1S/C12H15FN4/c1-4-9-10(13)12(16-7-15-9)17-6-5-14-11(17)8(2)3/h5-8H,4H2,1-3H3. The number of halogens is 1. The predicted molar refractivity (Wildman–Crippen MR) is 62.6 cm³/mol. The van der Waals surface area contributed by atoms with Crippen LogP contribution in [0.4, 0.5) is 4.39 Å². The number of aromatic nitrogens is 4. The number of hydrogen-bond donors (Lipinski definition) is 0. The van der Waals surface area contributed by atoms with Gasteiger partial charge in [0.05, 0.1) is 5.69 Å². The van der Waals surface area contributed by atoms with Crippen molar-refractivity contribution in [1.82, 2.24) is 19.5 Å². The van der Waals surface area contributed by atoms with Crippen LogP contribution >= 0.6 is 0 Å². The molecule has 2 rings (SSSR count). The van der Waals surface area contributed by atoms with Crippen LogP contribution in [0.3, 0.4) is 0 Å². The molecular weight excluding hydrogens is 219 g/mol. The van der Waals surface area contributed by atoms with Gasteiger partial charge in [-0.2, -0.15) is 0 Å². The molecule has 0 saturated carbocycles. The largest absolute Gasteiger partial charge is 0.285 e. The van der Waals surface area contributed by atoms with E-state index in [2.05, 4.69) is 15.0 Å². The second kappa shape index (κ2) is 4.61. The number of nitrogens with zero attached hydrogens (tertiary/aromatic N) is 4. The first-order valence-electron chi connectivity index (χ1n) is 5.68. The minimum Gasteiger partial charge on any atom is -0.285 e. The first kappa shape index (κ1) is 11.7. The van der Waals surface area contributed by atoms with E-state index in [0.717, 1.165) is 5.82 Å². The highest BCUT2D eigenvalue weighted by Gasteiger charge is 2.15. The molecule has 17 heavy (non-hydrogen) atoms. The van der Waals surface area contributed by atoms with Gasteiger partial charge in [-0.15, -0.1) is 0 Å². The molecule has 0 radical (unpaired) electrons. The quantitative estimate of drug-likeness (QED) is 0.819. The van der Waals surface area contributed by atoms with Crippen LogP contribution < -0.4 is 0 Å². The van der Waals surface area contributed by atoms with Crippen molar-refractivity contribution in [2.24, 2.45) is 0 Å². The maximum Gasteiger partial charge on any atom is 0.187 e. The van der Waals surface area contributed by atoms with Gasteiger partial charge in [0.15, 0.2) is 11.6 Å². The van der Waals surface area contributed by atoms with Gasteiger partial charge >= 0.3 is 0 Å². The van der Waals surface area contributed by atoms with Crippen molar-refractivity contribution < 1.29 is 4.39 Å². The van der Waals surface area contributed by atoms with E-state index in [1.165, 1.54) is 6.33 Å². The van der Waals surface area contributed by atoms with E-state index in [9.17, 15) is 4.39 Å². The second-order valence-corrected chi connectivity index (χ2v) is 4.12. The maximum atomic E-state index is 14.1. The van der Waals surface area contributed by atoms with Crippen LogP contribution in [-0.2, 0) is 6.42 Å². The summed E-state index contributed by atoms with van der Waals surface area (Å²) < 4.78 is 15.8. The summed E-state index contributed by atoms with van der Waals surface area (Å²) >= 11 is 0. The molecule has 0 atom stereocenters. The molecule has 0 amide bonds. The lowest BCUT2D eigenvalue weighted by atomic mass is 10.2. The number of aryl methyl sites for hydroxylation is 1. The Hall–Kier alpha value is -1.78. The molecule has 2 aromatic rings. The molecule has 0 bridgehead atoms. The van der Waals surface area contributed by atoms with E-state index < -0.39 is 0 Å². The number of hydrogen-bond acceptors (Lipinski definition) is 3. The minimum absolute atomic E-state index is 0.212. The van der Waals surface area contributed by atoms with Crippen molar-refractivity contribution in [2.45, 2.75) is 33.1 Å². The Morgan fingerprint density at radius 3 is 2.71 bits per heavy atom. The molecule has 0 unspecified atom stereocenters. The molecule has 90 valence electrons. The average molecular weight is 234 g/mol. The van der Waals surface area contributed by atoms with Crippen LogP contribution in [0.5, 0.6) is 0 Å². The Morgan fingerprint density at radius 1 is 1.29 bits per heavy atom. The molecule has 2 aromatic heterocycles. The van der Waals surface area contributed by atoms with Gasteiger partial charge in [-0.1, -0.05) is 20.8 Å². The monoisotopic (exact) mass is 234 g/mol. The molecule has 2 heterocycles. The Bertz CT molecular complexity index is 519. The third kappa shape index (κ3) is 2.05. The number of rotatable bonds is 3. The van der Waals surface area contributed by atoms with E-state index in [0.29, 0.717) is 12.1 Å². The highest BCUT2D eigenvalue weighted by Crippen LogP contribution is 2.19. The number of imidazole rings is 1. The molecule has 5 heteroatoms. The summed E-state index contributed by atoms with van der Waals surface area (Å²) in [4.78, 5) is 12.2. The van der Waals surface area contributed by atoms with Crippen molar-refractivity contribution in [3.05, 3.63) is 36.1 Å². The van der Waals surface area contributed by atoms with Crippen molar-refractivity contribution in [3.63, 3.8) is 0 Å². The Labute approximate surface area is 99.6 Å². The maximum absolute atomic E-state index is 14.1. The van der Waals surface area contributed by atoms with E-state index in [4.69, 9.17) is 0 Å². The molecule has 0 aliphatic heterocycles. The Morgan fingerprint density at radius 2 is 2.06 bits per heavy atom. The summed E-state index contributed by atoms with van der Waals surface area (Å²) in [5.74, 6) is 0.919. The van der Waals surface area contributed by atoms with Crippen molar-refractivity contribution in [2.75, 3.05) is 0 Å². The lowest BCUT2D eigenvalue weighted by Crippen LogP contribution is -2.09. The highest BCUT2D eigenvalue weighted by atomic mass is 19.1. The van der Waals surface area contributed by atoms with E-state index in [1.54, 1.807) is 17.0 Å². The van der Waals surface area contributed by atoms with Crippen LogP contribution in [0.1, 0.15) is 38.2 Å². The van der Waals surface area contributed by atoms with Crippen LogP contribution in [0.2, 0.25) is 0 Å². The fraction of sp³-hybridized carbons (Fsp3) is 0.417. The smallest absolute Gasteiger partial charge is 0.187 e. The zero-order valence-electron chi connectivity index (χ0n) is 10.2. The van der Waals surface area contributed by atoms with E-state index in [1.807, 2.05) is 20.8 Å². The zero-order chi connectivity index (χ0) is 12.4. The van der Waals surface area contributed by atoms with Gasteiger partial charge in [0.2, 0.25) is 0 Å². The third-order valence-electron chi connectivity index (χ3n) is 2.59. The van der Waals surface area contributed by atoms with Crippen LogP contribution in [0, 0.1) is 5.82 Å². The van der Waals surface area contributed by atoms with Gasteiger partial charge in [0.25, 0.3) is 0 Å². The first-order valence-corrected chi connectivity index (χ1v) is 5.68. The summed E-state index contributed by atoms with van der Waals surface area (Å²) in [6, 6.07) is 0. The zero-order valence-corrected chi connectivity index (χ0v) is 10.2. The van der Waals surface area contributed by atoms with Crippen LogP contribution in [-0.4, -0.2) is 19.5 Å². The molecule has 0 aliphatic rings. The minimum atomic E-state index is -0.366. The SMILES string of the molecule is CCc1ncnc(-n2ccnc2C(C)C)c1F. The van der Waals surface area contributed by atoms with Crippen molar-refractivity contribution in [1.29, 1.82) is 0 Å². The van der Waals surface area contributed by atoms with Gasteiger partial charge in [-0.25, -0.2) is 19.3 Å². The van der Waals surface area contributed by atoms with Crippen molar-refractivity contribution in [3.8, 4) is 5.82 Å². The van der Waals surface area contributed by atoms with Gasteiger partial charge in [0, 0.05) is 18.3 Å². The average Bonchev–Trinajstić information content (AvgIpc) is 2.78. The molecular formula is C12H15FN4. The van der Waals surface area contributed by atoms with Crippen LogP contribution in [0.25, 0.3) is 5.82 Å². The topological polar surface area (TPSA) is 43.6 Å². The highest BCUT2D eigenvalue weighted by molar-refractivity contribution is 5.29. The molecule has 0 fully saturated rings. The molecule has 4 nitrogen and oxygen atoms in total. The lowest BCUT2D eigenvalue weighted by Gasteiger charge is -2.11. The first-order chi connectivity index (χ1) is 8.15. The Kier molecular flexibility index (Phi) is 3.17. The molecule has 0 aliphatic carbocycles. The third-order valence-corrected chi connectivity index (χ3v) is 2.59. The predicted octanol–water partition coefficient (Wildman–Crippen LogP) is 2.49. The summed E-state index contributed by atoms with van der Waals surface area (Å²) in [6.07, 6.45) is 5.32. The van der Waals surface area contributed by atoms with Crippen molar-refractivity contribution >= 4 is 0 Å². The summed E-state index contributed by atoms with van der Waals surface area (Å²) in [6.45, 7) is 5.89. The molecule has 0 N–H and O–H groups in total. The normalized spacial score (nSPS) is 11.1. The summed E-state index contributed by atoms with van der Waals surface area (Å²) in [5.41, 5.74) is 0.429. The fourth-order valence-corrected chi connectivity index (χ4v) is 1.73. The molecule has 0 saturated heterocycles. The van der Waals surface area contributed by atoms with Crippen LogP contribution in [0.15, 0.2) is 18.7 Å². The van der Waals surface area contributed by atoms with Gasteiger partial charge < -0.3 is 0 Å². The van der Waals surface area contributed by atoms with Gasteiger partial charge in [0.1, 0.15) is 12.2 Å². The summed E-state index contributed by atoms with van der Waals surface area (Å²) in [5, 5.41) is 0. The molecule has 0 spiro atoms. The van der Waals surface area contributed by atoms with E-state index >= 15 is 0 Å². The fourth-order valence-electron chi connectivity index (χ4n) is 1.73. The molecule has 0 aromatic carbocycles. The van der Waals surface area contributed by atoms with Gasteiger partial charge in [-0.05, 0) is 6.42 Å². The summed E-state index contributed by atoms with van der Waals surface area (Å²) in [7, 11) is 0. The Balaban J connectivity index is 2.57. The van der Waals surface area contributed by atoms with E-state index in [-0.39, 0.29) is 17.6 Å². The lowest BCUT2D eigenvalue weighted by molar-refractivity contribution is 0.576. The van der Waals surface area contributed by atoms with Gasteiger partial charge in [-0.3, -0.25) is 4.57 Å².